The van der Waals surface area contributed by atoms with Crippen LogP contribution in [0.4, 0.5) is 0 Å². The van der Waals surface area contributed by atoms with Gasteiger partial charge in [0.1, 0.15) is 5.78 Å². The molecule has 5 heteroatoms. The molecule has 0 aromatic rings. The molecule has 5 nitrogen and oxygen atoms in total. The van der Waals surface area contributed by atoms with E-state index in [1.807, 2.05) is 34.6 Å². The fourth-order valence-electron chi connectivity index (χ4n) is 2.38. The molecule has 2 amide bonds. The monoisotopic (exact) mass is 309 g/mol. The van der Waals surface area contributed by atoms with Gasteiger partial charge >= 0.3 is 0 Å². The number of carbonyl (C=O) groups is 3. The smallest absolute Gasteiger partial charge is 0.254 e. The summed E-state index contributed by atoms with van der Waals surface area (Å²) in [6.07, 6.45) is 4.88. The van der Waals surface area contributed by atoms with Crippen molar-refractivity contribution in [2.75, 3.05) is 6.61 Å². The van der Waals surface area contributed by atoms with Crippen molar-refractivity contribution in [3.05, 3.63) is 12.2 Å². The largest absolute Gasteiger partial charge is 0.375 e. The van der Waals surface area contributed by atoms with Crippen molar-refractivity contribution in [3.8, 4) is 0 Å². The zero-order valence-electron chi connectivity index (χ0n) is 14.3. The minimum Gasteiger partial charge on any atom is -0.375 e. The van der Waals surface area contributed by atoms with Gasteiger partial charge in [0.2, 0.25) is 0 Å². The molecule has 0 saturated heterocycles. The zero-order valence-corrected chi connectivity index (χ0v) is 14.3. The third-order valence-electron chi connectivity index (χ3n) is 4.02. The van der Waals surface area contributed by atoms with E-state index in [0.29, 0.717) is 32.3 Å². The van der Waals surface area contributed by atoms with Crippen molar-refractivity contribution >= 4 is 17.6 Å². The molecule has 0 aromatic heterocycles. The van der Waals surface area contributed by atoms with E-state index in [9.17, 15) is 14.4 Å². The van der Waals surface area contributed by atoms with Crippen molar-refractivity contribution in [2.24, 2.45) is 0 Å². The van der Waals surface area contributed by atoms with Crippen LogP contribution in [0, 0.1) is 0 Å². The van der Waals surface area contributed by atoms with Crippen LogP contribution in [0.15, 0.2) is 12.2 Å². The number of imide groups is 1. The molecule has 0 N–H and O–H groups in total. The number of ketones is 1. The third-order valence-corrected chi connectivity index (χ3v) is 4.02. The molecule has 0 saturated carbocycles. The van der Waals surface area contributed by atoms with Crippen LogP contribution in [0.2, 0.25) is 0 Å². The molecule has 0 spiro atoms. The topological polar surface area (TPSA) is 63.7 Å². The molecule has 0 aliphatic carbocycles. The van der Waals surface area contributed by atoms with Gasteiger partial charge < -0.3 is 4.74 Å². The lowest BCUT2D eigenvalue weighted by atomic mass is 9.97. The second kappa shape index (κ2) is 7.18. The molecule has 1 aliphatic rings. The zero-order chi connectivity index (χ0) is 17.0. The lowest BCUT2D eigenvalue weighted by Crippen LogP contribution is -2.48. The van der Waals surface area contributed by atoms with Crippen molar-refractivity contribution in [2.45, 2.75) is 71.4 Å². The van der Waals surface area contributed by atoms with Gasteiger partial charge in [-0.1, -0.05) is 6.92 Å². The molecule has 22 heavy (non-hydrogen) atoms. The lowest BCUT2D eigenvalue weighted by molar-refractivity contribution is -0.144. The van der Waals surface area contributed by atoms with Gasteiger partial charge in [-0.15, -0.1) is 0 Å². The van der Waals surface area contributed by atoms with Crippen molar-refractivity contribution in [1.29, 1.82) is 0 Å². The van der Waals surface area contributed by atoms with E-state index in [2.05, 4.69) is 0 Å². The van der Waals surface area contributed by atoms with Gasteiger partial charge in [0.25, 0.3) is 11.8 Å². The van der Waals surface area contributed by atoms with Gasteiger partial charge in [-0.3, -0.25) is 19.3 Å². The molecular formula is C17H27NO4. The Labute approximate surface area is 132 Å². The molecule has 1 aliphatic heterocycles. The summed E-state index contributed by atoms with van der Waals surface area (Å²) in [5, 5.41) is 0. The highest BCUT2D eigenvalue weighted by molar-refractivity contribution is 6.13. The summed E-state index contributed by atoms with van der Waals surface area (Å²) < 4.78 is 5.87. The highest BCUT2D eigenvalue weighted by atomic mass is 16.5. The van der Waals surface area contributed by atoms with Crippen LogP contribution < -0.4 is 0 Å². The van der Waals surface area contributed by atoms with E-state index < -0.39 is 11.1 Å². The number of carbonyl (C=O) groups excluding carboxylic acids is 3. The maximum atomic E-state index is 11.7. The molecule has 0 radical (unpaired) electrons. The standard InChI is InChI=1S/C17H27NO4/c1-6-13(19)9-10-17(4,5)22-12-11-16(2,3)18-14(20)7-8-15(18)21/h7-8H,6,9-12H2,1-5H3. The Hall–Kier alpha value is -1.49. The number of Topliss-reactive ketones (excluding diaryl/α,β-unsaturated/α-hetero) is 1. The number of rotatable bonds is 9. The summed E-state index contributed by atoms with van der Waals surface area (Å²) in [6, 6.07) is 0. The average molecular weight is 309 g/mol. The Kier molecular flexibility index (Phi) is 6.06. The highest BCUT2D eigenvalue weighted by Gasteiger charge is 2.37. The van der Waals surface area contributed by atoms with Crippen LogP contribution in [0.3, 0.4) is 0 Å². The SMILES string of the molecule is CCC(=O)CCC(C)(C)OCCC(C)(C)N1C(=O)C=CC1=O. The second-order valence-corrected chi connectivity index (χ2v) is 6.91. The number of ether oxygens (including phenoxy) is 1. The Bertz CT molecular complexity index is 459. The van der Waals surface area contributed by atoms with Gasteiger partial charge in [-0.05, 0) is 40.5 Å². The van der Waals surface area contributed by atoms with Gasteiger partial charge in [0.15, 0.2) is 0 Å². The van der Waals surface area contributed by atoms with E-state index in [0.717, 1.165) is 0 Å². The van der Waals surface area contributed by atoms with Crippen LogP contribution in [0.1, 0.15) is 60.3 Å². The first kappa shape index (κ1) is 18.6. The van der Waals surface area contributed by atoms with Crippen molar-refractivity contribution in [1.82, 2.24) is 4.90 Å². The Morgan fingerprint density at radius 2 is 1.64 bits per heavy atom. The first-order valence-corrected chi connectivity index (χ1v) is 7.81. The van der Waals surface area contributed by atoms with Crippen LogP contribution in [0.25, 0.3) is 0 Å². The summed E-state index contributed by atoms with van der Waals surface area (Å²) in [4.78, 5) is 36.1. The summed E-state index contributed by atoms with van der Waals surface area (Å²) in [5.74, 6) is -0.318. The Morgan fingerprint density at radius 3 is 2.14 bits per heavy atom. The molecule has 0 bridgehead atoms. The number of hydrogen-bond acceptors (Lipinski definition) is 4. The summed E-state index contributed by atoms with van der Waals surface area (Å²) in [5.41, 5.74) is -0.981. The van der Waals surface area contributed by atoms with Crippen LogP contribution in [-0.4, -0.2) is 40.2 Å². The fraction of sp³-hybridized carbons (Fsp3) is 0.706. The highest BCUT2D eigenvalue weighted by Crippen LogP contribution is 2.25. The summed E-state index contributed by atoms with van der Waals surface area (Å²) in [6.45, 7) is 9.90. The van der Waals surface area contributed by atoms with Gasteiger partial charge in [-0.2, -0.15) is 0 Å². The first-order valence-electron chi connectivity index (χ1n) is 7.81. The predicted molar refractivity (Wildman–Crippen MR) is 84.3 cm³/mol. The van der Waals surface area contributed by atoms with Crippen LogP contribution in [-0.2, 0) is 19.1 Å². The molecule has 0 fully saturated rings. The minimum absolute atomic E-state index is 0.233. The quantitative estimate of drug-likeness (QED) is 0.614. The minimum atomic E-state index is -0.590. The van der Waals surface area contributed by atoms with Crippen LogP contribution in [0.5, 0.6) is 0 Å². The number of hydrogen-bond donors (Lipinski definition) is 0. The molecule has 0 aromatic carbocycles. The molecule has 1 rings (SSSR count). The van der Waals surface area contributed by atoms with Crippen molar-refractivity contribution in [3.63, 3.8) is 0 Å². The predicted octanol–water partition coefficient (Wildman–Crippen LogP) is 2.63. The fourth-order valence-corrected chi connectivity index (χ4v) is 2.38. The molecular weight excluding hydrogens is 282 g/mol. The average Bonchev–Trinajstić information content (AvgIpc) is 2.75. The Balaban J connectivity index is 2.46. The molecule has 124 valence electrons. The number of nitrogens with zero attached hydrogens (tertiary/aromatic N) is 1. The van der Waals surface area contributed by atoms with Gasteiger partial charge in [0, 0.05) is 37.1 Å². The van der Waals surface area contributed by atoms with E-state index in [1.54, 1.807) is 0 Å². The molecule has 0 unspecified atom stereocenters. The van der Waals surface area contributed by atoms with E-state index in [-0.39, 0.29) is 17.6 Å². The Morgan fingerprint density at radius 1 is 1.09 bits per heavy atom. The van der Waals surface area contributed by atoms with Gasteiger partial charge in [0.05, 0.1) is 5.60 Å². The molecule has 1 heterocycles. The van der Waals surface area contributed by atoms with E-state index in [4.69, 9.17) is 4.74 Å². The lowest BCUT2D eigenvalue weighted by Gasteiger charge is -2.35. The second-order valence-electron chi connectivity index (χ2n) is 6.91. The van der Waals surface area contributed by atoms with E-state index >= 15 is 0 Å². The van der Waals surface area contributed by atoms with Crippen molar-refractivity contribution < 1.29 is 19.1 Å². The normalized spacial score (nSPS) is 15.8. The summed E-state index contributed by atoms with van der Waals surface area (Å²) >= 11 is 0. The van der Waals surface area contributed by atoms with Crippen LogP contribution >= 0.6 is 0 Å². The maximum Gasteiger partial charge on any atom is 0.254 e. The first-order chi connectivity index (χ1) is 10.1. The molecule has 0 atom stereocenters. The maximum absolute atomic E-state index is 11.7. The summed E-state index contributed by atoms with van der Waals surface area (Å²) in [7, 11) is 0. The number of amides is 2. The van der Waals surface area contributed by atoms with Gasteiger partial charge in [-0.25, -0.2) is 0 Å². The van der Waals surface area contributed by atoms with E-state index in [1.165, 1.54) is 17.1 Å². The third kappa shape index (κ3) is 5.05.